The number of aromatic nitrogens is 3. The highest BCUT2D eigenvalue weighted by Gasteiger charge is 2.17. The number of anilines is 1. The van der Waals surface area contributed by atoms with Gasteiger partial charge in [-0.05, 0) is 36.2 Å². The predicted octanol–water partition coefficient (Wildman–Crippen LogP) is 4.50. The van der Waals surface area contributed by atoms with Crippen LogP contribution in [0.2, 0.25) is 0 Å². The van der Waals surface area contributed by atoms with Gasteiger partial charge in [0, 0.05) is 17.5 Å². The third kappa shape index (κ3) is 3.41. The number of amides is 1. The Morgan fingerprint density at radius 2 is 1.96 bits per heavy atom. The number of hydrogen-bond donors (Lipinski definition) is 1. The van der Waals surface area contributed by atoms with Gasteiger partial charge < -0.3 is 10.1 Å². The molecule has 6 nitrogen and oxygen atoms in total. The van der Waals surface area contributed by atoms with E-state index >= 15 is 0 Å². The van der Waals surface area contributed by atoms with Crippen LogP contribution in [0.15, 0.2) is 54.6 Å². The van der Waals surface area contributed by atoms with Crippen molar-refractivity contribution < 1.29 is 9.53 Å². The molecule has 0 aliphatic carbocycles. The fraction of sp³-hybridized carbons (Fsp3) is 0.227. The molecule has 4 rings (SSSR count). The van der Waals surface area contributed by atoms with E-state index in [9.17, 15) is 4.79 Å². The van der Waals surface area contributed by atoms with Crippen LogP contribution in [-0.4, -0.2) is 27.8 Å². The molecule has 1 amide bonds. The first-order valence-electron chi connectivity index (χ1n) is 9.27. The molecule has 0 unspecified atom stereocenters. The van der Waals surface area contributed by atoms with Gasteiger partial charge in [0.15, 0.2) is 11.5 Å². The molecular formula is C22H22N4O2. The molecule has 0 saturated carbocycles. The molecule has 1 N–H and O–H groups in total. The highest BCUT2D eigenvalue weighted by atomic mass is 16.5. The zero-order chi connectivity index (χ0) is 19.7. The van der Waals surface area contributed by atoms with Crippen molar-refractivity contribution in [3.8, 4) is 5.75 Å². The number of ether oxygens (including phenoxy) is 1. The molecular weight excluding hydrogens is 352 g/mol. The molecule has 2 heterocycles. The summed E-state index contributed by atoms with van der Waals surface area (Å²) >= 11 is 0. The second-order valence-corrected chi connectivity index (χ2v) is 7.16. The SMILES string of the molecule is COc1cccc(C(=O)Nc2nn(CC(C)C)c3nc4ccccc4cc23)c1. The third-order valence-corrected chi connectivity index (χ3v) is 4.53. The van der Waals surface area contributed by atoms with Crippen LogP contribution in [0, 0.1) is 5.92 Å². The van der Waals surface area contributed by atoms with Crippen molar-refractivity contribution in [3.05, 3.63) is 60.2 Å². The van der Waals surface area contributed by atoms with Crippen LogP contribution in [0.5, 0.6) is 5.75 Å². The second kappa shape index (κ2) is 7.31. The molecule has 0 saturated heterocycles. The van der Waals surface area contributed by atoms with E-state index in [1.807, 2.05) is 35.0 Å². The first-order chi connectivity index (χ1) is 13.5. The van der Waals surface area contributed by atoms with Gasteiger partial charge >= 0.3 is 0 Å². The maximum absolute atomic E-state index is 12.8. The topological polar surface area (TPSA) is 69.0 Å². The van der Waals surface area contributed by atoms with E-state index in [-0.39, 0.29) is 5.91 Å². The Balaban J connectivity index is 1.78. The van der Waals surface area contributed by atoms with Crippen LogP contribution in [0.3, 0.4) is 0 Å². The molecule has 142 valence electrons. The summed E-state index contributed by atoms with van der Waals surface area (Å²) in [5.74, 6) is 1.32. The number of fused-ring (bicyclic) bond motifs is 2. The minimum absolute atomic E-state index is 0.233. The summed E-state index contributed by atoms with van der Waals surface area (Å²) in [6, 6.07) is 17.0. The first kappa shape index (κ1) is 18.0. The van der Waals surface area contributed by atoms with E-state index in [2.05, 4.69) is 24.3 Å². The summed E-state index contributed by atoms with van der Waals surface area (Å²) in [4.78, 5) is 17.6. The summed E-state index contributed by atoms with van der Waals surface area (Å²) < 4.78 is 7.08. The second-order valence-electron chi connectivity index (χ2n) is 7.16. The van der Waals surface area contributed by atoms with E-state index in [0.717, 1.165) is 28.5 Å². The Bertz CT molecular complexity index is 1160. The highest BCUT2D eigenvalue weighted by Crippen LogP contribution is 2.27. The number of para-hydroxylation sites is 1. The van der Waals surface area contributed by atoms with Gasteiger partial charge in [-0.25, -0.2) is 9.67 Å². The van der Waals surface area contributed by atoms with Gasteiger partial charge in [0.25, 0.3) is 5.91 Å². The molecule has 28 heavy (non-hydrogen) atoms. The number of hydrogen-bond acceptors (Lipinski definition) is 4. The number of carbonyl (C=O) groups excluding carboxylic acids is 1. The van der Waals surface area contributed by atoms with E-state index in [1.165, 1.54) is 0 Å². The average Bonchev–Trinajstić information content (AvgIpc) is 3.02. The van der Waals surface area contributed by atoms with Crippen LogP contribution in [-0.2, 0) is 6.54 Å². The lowest BCUT2D eigenvalue weighted by molar-refractivity contribution is 0.102. The number of benzene rings is 2. The Kier molecular flexibility index (Phi) is 4.69. The van der Waals surface area contributed by atoms with Gasteiger partial charge in [-0.1, -0.05) is 38.1 Å². The van der Waals surface area contributed by atoms with E-state index in [1.54, 1.807) is 31.4 Å². The Hall–Kier alpha value is -3.41. The number of rotatable bonds is 5. The predicted molar refractivity (Wildman–Crippen MR) is 111 cm³/mol. The minimum Gasteiger partial charge on any atom is -0.497 e. The van der Waals surface area contributed by atoms with Crippen LogP contribution >= 0.6 is 0 Å². The average molecular weight is 374 g/mol. The normalized spacial score (nSPS) is 11.3. The van der Waals surface area contributed by atoms with Gasteiger partial charge in [-0.3, -0.25) is 4.79 Å². The van der Waals surface area contributed by atoms with Crippen LogP contribution in [0.1, 0.15) is 24.2 Å². The lowest BCUT2D eigenvalue weighted by Crippen LogP contribution is -2.13. The molecule has 0 aliphatic heterocycles. The Morgan fingerprint density at radius 1 is 1.14 bits per heavy atom. The maximum Gasteiger partial charge on any atom is 0.257 e. The zero-order valence-electron chi connectivity index (χ0n) is 16.1. The zero-order valence-corrected chi connectivity index (χ0v) is 16.1. The summed E-state index contributed by atoms with van der Waals surface area (Å²) in [6.45, 7) is 4.98. The molecule has 0 radical (unpaired) electrons. The molecule has 0 spiro atoms. The van der Waals surface area contributed by atoms with Crippen molar-refractivity contribution >= 4 is 33.7 Å². The van der Waals surface area contributed by atoms with Gasteiger partial charge in [-0.2, -0.15) is 5.10 Å². The number of methoxy groups -OCH3 is 1. The highest BCUT2D eigenvalue weighted by molar-refractivity contribution is 6.09. The molecule has 2 aromatic carbocycles. The van der Waals surface area contributed by atoms with Crippen molar-refractivity contribution in [1.82, 2.24) is 14.8 Å². The van der Waals surface area contributed by atoms with Gasteiger partial charge in [-0.15, -0.1) is 0 Å². The van der Waals surface area contributed by atoms with Crippen LogP contribution in [0.4, 0.5) is 5.82 Å². The van der Waals surface area contributed by atoms with E-state index in [0.29, 0.717) is 23.0 Å². The molecule has 6 heteroatoms. The summed E-state index contributed by atoms with van der Waals surface area (Å²) in [7, 11) is 1.58. The molecule has 0 fully saturated rings. The number of nitrogens with zero attached hydrogens (tertiary/aromatic N) is 3. The van der Waals surface area contributed by atoms with Crippen molar-refractivity contribution in [3.63, 3.8) is 0 Å². The lowest BCUT2D eigenvalue weighted by atomic mass is 10.1. The van der Waals surface area contributed by atoms with Crippen molar-refractivity contribution in [1.29, 1.82) is 0 Å². The Morgan fingerprint density at radius 3 is 2.75 bits per heavy atom. The van der Waals surface area contributed by atoms with Crippen LogP contribution in [0.25, 0.3) is 21.9 Å². The summed E-state index contributed by atoms with van der Waals surface area (Å²) in [5, 5.41) is 9.44. The summed E-state index contributed by atoms with van der Waals surface area (Å²) in [5.41, 5.74) is 2.19. The maximum atomic E-state index is 12.8. The summed E-state index contributed by atoms with van der Waals surface area (Å²) in [6.07, 6.45) is 0. The standard InChI is InChI=1S/C22H22N4O2/c1-14(2)13-26-21-18(12-15-7-4-5-10-19(15)23-21)20(25-26)24-22(27)16-8-6-9-17(11-16)28-3/h4-12,14H,13H2,1-3H3,(H,24,25,27). The van der Waals surface area contributed by atoms with E-state index < -0.39 is 0 Å². The smallest absolute Gasteiger partial charge is 0.257 e. The third-order valence-electron chi connectivity index (χ3n) is 4.53. The lowest BCUT2D eigenvalue weighted by Gasteiger charge is -2.06. The molecule has 0 aliphatic rings. The number of pyridine rings is 1. The molecule has 0 atom stereocenters. The molecule has 4 aromatic rings. The van der Waals surface area contributed by atoms with Crippen molar-refractivity contribution in [2.24, 2.45) is 5.92 Å². The quantitative estimate of drug-likeness (QED) is 0.558. The van der Waals surface area contributed by atoms with Crippen molar-refractivity contribution in [2.45, 2.75) is 20.4 Å². The Labute approximate surface area is 163 Å². The largest absolute Gasteiger partial charge is 0.497 e. The molecule has 2 aromatic heterocycles. The molecule has 0 bridgehead atoms. The first-order valence-corrected chi connectivity index (χ1v) is 9.27. The van der Waals surface area contributed by atoms with Gasteiger partial charge in [0.05, 0.1) is 18.0 Å². The monoisotopic (exact) mass is 374 g/mol. The van der Waals surface area contributed by atoms with Crippen LogP contribution < -0.4 is 10.1 Å². The number of carbonyl (C=O) groups is 1. The van der Waals surface area contributed by atoms with Crippen molar-refractivity contribution in [2.75, 3.05) is 12.4 Å². The van der Waals surface area contributed by atoms with Gasteiger partial charge in [0.1, 0.15) is 5.75 Å². The number of nitrogens with one attached hydrogen (secondary N) is 1. The van der Waals surface area contributed by atoms with E-state index in [4.69, 9.17) is 9.72 Å². The fourth-order valence-electron chi connectivity index (χ4n) is 3.21. The van der Waals surface area contributed by atoms with Gasteiger partial charge in [0.2, 0.25) is 0 Å². The minimum atomic E-state index is -0.233. The fourth-order valence-corrected chi connectivity index (χ4v) is 3.21.